The zero-order valence-corrected chi connectivity index (χ0v) is 46.6. The van der Waals surface area contributed by atoms with E-state index in [0.29, 0.717) is 0 Å². The molecule has 390 valence electrons. The van der Waals surface area contributed by atoms with Crippen LogP contribution in [0.25, 0.3) is 0 Å². The number of unbranched alkanes of at least 4 members (excludes halogenated alkanes) is 33. The molecule has 0 aliphatic heterocycles. The van der Waals surface area contributed by atoms with Crippen molar-refractivity contribution in [2.45, 2.75) is 331 Å². The van der Waals surface area contributed by atoms with Gasteiger partial charge in [-0.05, 0) is 52.4 Å². The van der Waals surface area contributed by atoms with Crippen molar-refractivity contribution in [2.75, 3.05) is 0 Å². The number of carboxylic acids is 3. The summed E-state index contributed by atoms with van der Waals surface area (Å²) in [4.78, 5) is 32.6. The van der Waals surface area contributed by atoms with E-state index >= 15 is 0 Å². The normalized spacial score (nSPS) is 12.1. The number of hydrogen-bond acceptors (Lipinski definition) is 4. The number of carbonyl (C=O) groups is 3. The van der Waals surface area contributed by atoms with E-state index in [1.807, 2.05) is 20.8 Å². The van der Waals surface area contributed by atoms with Gasteiger partial charge in [0.2, 0.25) is 0 Å². The molecule has 0 amide bonds. The minimum atomic E-state index is -0.615. The molecule has 65 heavy (non-hydrogen) atoms. The molecule has 0 aromatic heterocycles. The second-order valence-corrected chi connectivity index (χ2v) is 19.5. The van der Waals surface area contributed by atoms with E-state index in [0.717, 1.165) is 57.8 Å². The Morgan fingerprint density at radius 1 is 0.292 bits per heavy atom. The predicted octanol–water partition coefficient (Wildman–Crippen LogP) is 18.9. The summed E-state index contributed by atoms with van der Waals surface area (Å²) in [5.41, 5.74) is 0. The first-order valence-corrected chi connectivity index (χ1v) is 28.3. The molecule has 0 rings (SSSR count). The van der Waals surface area contributed by atoms with Crippen molar-refractivity contribution in [3.63, 3.8) is 0 Å². The molecule has 0 heterocycles. The average Bonchev–Trinajstić information content (AvgIpc) is 3.26. The van der Waals surface area contributed by atoms with Crippen molar-refractivity contribution < 1.29 is 56.5 Å². The van der Waals surface area contributed by atoms with Gasteiger partial charge in [-0.1, -0.05) is 273 Å². The summed E-state index contributed by atoms with van der Waals surface area (Å²) in [6.45, 7) is 16.1. The largest absolute Gasteiger partial charge is 0.481 e. The number of aliphatic hydroxyl groups is 1. The van der Waals surface area contributed by atoms with Gasteiger partial charge in [0.05, 0.1) is 17.8 Å². The average molecular weight is 961 g/mol. The molecule has 0 aliphatic rings. The minimum absolute atomic E-state index is 0. The maximum Gasteiger partial charge on any atom is 0.306 e. The summed E-state index contributed by atoms with van der Waals surface area (Å²) in [5.74, 6) is -2.18. The van der Waals surface area contributed by atoms with Gasteiger partial charge >= 0.3 is 17.9 Å². The Bertz CT molecular complexity index is 802. The zero-order valence-electron chi connectivity index (χ0n) is 45.0. The summed E-state index contributed by atoms with van der Waals surface area (Å²) in [6.07, 6.45) is 52.9. The predicted molar refractivity (Wildman–Crippen MR) is 279 cm³/mol. The molecular weight excluding hydrogens is 844 g/mol. The molecular formula is C57H116O7Ti. The summed E-state index contributed by atoms with van der Waals surface area (Å²) < 4.78 is 0. The van der Waals surface area contributed by atoms with E-state index in [9.17, 15) is 14.4 Å². The van der Waals surface area contributed by atoms with Crippen molar-refractivity contribution in [1.82, 2.24) is 0 Å². The third kappa shape index (κ3) is 67.4. The van der Waals surface area contributed by atoms with Gasteiger partial charge in [-0.2, -0.15) is 0 Å². The van der Waals surface area contributed by atoms with E-state index in [4.69, 9.17) is 20.4 Å². The van der Waals surface area contributed by atoms with Crippen molar-refractivity contribution in [2.24, 2.45) is 17.8 Å². The van der Waals surface area contributed by atoms with E-state index < -0.39 is 17.9 Å². The van der Waals surface area contributed by atoms with Crippen molar-refractivity contribution in [3.05, 3.63) is 0 Å². The van der Waals surface area contributed by atoms with E-state index in [1.165, 1.54) is 212 Å². The number of rotatable bonds is 45. The van der Waals surface area contributed by atoms with Crippen LogP contribution in [-0.4, -0.2) is 44.4 Å². The quantitative estimate of drug-likeness (QED) is 0.0353. The van der Waals surface area contributed by atoms with Gasteiger partial charge in [0.1, 0.15) is 0 Å². The molecule has 0 saturated carbocycles. The standard InChI is InChI=1S/3C18H36O2.C3H8O.Ti/c3*1-3-5-6-7-8-9-10-11-12-13-14-15-16-17(4-2)18(19)20;1-3(2)4;/h3*17H,3-16H2,1-2H3,(H,19,20);3-4H,1-2H3;. The van der Waals surface area contributed by atoms with Crippen LogP contribution in [0.5, 0.6) is 0 Å². The molecule has 0 spiro atoms. The molecule has 0 aromatic carbocycles. The topological polar surface area (TPSA) is 132 Å². The smallest absolute Gasteiger partial charge is 0.306 e. The Morgan fingerprint density at radius 2 is 0.415 bits per heavy atom. The van der Waals surface area contributed by atoms with E-state index in [2.05, 4.69) is 20.8 Å². The van der Waals surface area contributed by atoms with Crippen molar-refractivity contribution in [3.8, 4) is 0 Å². The molecule has 0 fully saturated rings. The van der Waals surface area contributed by atoms with E-state index in [-0.39, 0.29) is 45.6 Å². The Balaban J connectivity index is -0.000000263. The number of aliphatic carboxylic acids is 3. The van der Waals surface area contributed by atoms with Gasteiger partial charge in [-0.3, -0.25) is 14.4 Å². The number of aliphatic hydroxyl groups excluding tert-OH is 1. The number of hydrogen-bond donors (Lipinski definition) is 4. The molecule has 3 atom stereocenters. The second kappa shape index (κ2) is 63.1. The molecule has 0 saturated heterocycles. The van der Waals surface area contributed by atoms with Crippen molar-refractivity contribution in [1.29, 1.82) is 0 Å². The Kier molecular flexibility index (Phi) is 70.9. The summed E-state index contributed by atoms with van der Waals surface area (Å²) >= 11 is 0. The van der Waals surface area contributed by atoms with Gasteiger partial charge in [0.25, 0.3) is 0 Å². The fourth-order valence-electron chi connectivity index (χ4n) is 8.20. The van der Waals surface area contributed by atoms with Gasteiger partial charge in [0.15, 0.2) is 0 Å². The molecule has 0 aromatic rings. The molecule has 3 unspecified atom stereocenters. The first-order valence-electron chi connectivity index (χ1n) is 28.3. The van der Waals surface area contributed by atoms with Crippen LogP contribution in [0, 0.1) is 17.8 Å². The fraction of sp³-hybridized carbons (Fsp3) is 0.947. The van der Waals surface area contributed by atoms with Crippen LogP contribution in [0.2, 0.25) is 0 Å². The fourth-order valence-corrected chi connectivity index (χ4v) is 8.20. The summed E-state index contributed by atoms with van der Waals surface area (Å²) in [7, 11) is 0. The molecule has 8 heteroatoms. The second-order valence-electron chi connectivity index (χ2n) is 19.5. The Labute approximate surface area is 421 Å². The van der Waals surface area contributed by atoms with Crippen molar-refractivity contribution >= 4 is 17.9 Å². The molecule has 0 aliphatic carbocycles. The van der Waals surface area contributed by atoms with Gasteiger partial charge in [-0.25, -0.2) is 0 Å². The van der Waals surface area contributed by atoms with Crippen LogP contribution in [0.4, 0.5) is 0 Å². The van der Waals surface area contributed by atoms with Crippen LogP contribution in [-0.2, 0) is 36.1 Å². The maximum atomic E-state index is 10.9. The summed E-state index contributed by atoms with van der Waals surface area (Å²) in [5, 5.41) is 34.9. The first kappa shape index (κ1) is 73.1. The molecule has 4 N–H and O–H groups in total. The molecule has 0 radical (unpaired) electrons. The van der Waals surface area contributed by atoms with Crippen LogP contribution in [0.15, 0.2) is 0 Å². The Morgan fingerprint density at radius 3 is 0.523 bits per heavy atom. The van der Waals surface area contributed by atoms with Crippen LogP contribution < -0.4 is 0 Å². The van der Waals surface area contributed by atoms with Gasteiger partial charge < -0.3 is 20.4 Å². The Hall–Kier alpha value is -0.916. The molecule has 0 bridgehead atoms. The third-order valence-corrected chi connectivity index (χ3v) is 12.7. The van der Waals surface area contributed by atoms with Crippen LogP contribution in [0.1, 0.15) is 325 Å². The maximum absolute atomic E-state index is 10.9. The third-order valence-electron chi connectivity index (χ3n) is 12.7. The summed E-state index contributed by atoms with van der Waals surface area (Å²) in [6, 6.07) is 0. The number of carboxylic acid groups (broad SMARTS) is 3. The minimum Gasteiger partial charge on any atom is -0.481 e. The first-order chi connectivity index (χ1) is 30.9. The van der Waals surface area contributed by atoms with E-state index in [1.54, 1.807) is 13.8 Å². The zero-order chi connectivity index (χ0) is 48.7. The SMILES string of the molecule is CC(C)O.CCCCCCCCCCCCCCC(CC)C(=O)O.CCCCCCCCCCCCCCC(CC)C(=O)O.CCCCCCCCCCCCCCC(CC)C(=O)O.[Ti]. The van der Waals surface area contributed by atoms with Crippen LogP contribution in [0.3, 0.4) is 0 Å². The van der Waals surface area contributed by atoms with Gasteiger partial charge in [-0.15, -0.1) is 0 Å². The molecule has 7 nitrogen and oxygen atoms in total. The monoisotopic (exact) mass is 961 g/mol. The van der Waals surface area contributed by atoms with Crippen LogP contribution >= 0.6 is 0 Å². The van der Waals surface area contributed by atoms with Gasteiger partial charge in [0, 0.05) is 27.8 Å².